The van der Waals surface area contributed by atoms with E-state index in [0.717, 1.165) is 4.90 Å². The summed E-state index contributed by atoms with van der Waals surface area (Å²) in [5.41, 5.74) is 0. The molecule has 2 fully saturated rings. The minimum Gasteiger partial charge on any atom is -0.829 e. The standard InChI is InChI=1S/C16H29N2O9/c1-6(21)18(2)11-14(24)10(9(5-20)27-16(11)26)17-8-3-7(4-19)12(22)15(25)13(8)23/h7-17,19-20,22-25H,3-5H2,1-2H3/q-1/t7-,8-,9-,10-,11-,12+,13+,14+,15+,16-/m1/s1. The molecule has 0 aromatic rings. The summed E-state index contributed by atoms with van der Waals surface area (Å²) in [6.45, 7) is 0.213. The summed E-state index contributed by atoms with van der Waals surface area (Å²) in [4.78, 5) is 12.7. The van der Waals surface area contributed by atoms with E-state index in [-0.39, 0.29) is 6.42 Å². The van der Waals surface area contributed by atoms with Gasteiger partial charge in [0.15, 0.2) is 0 Å². The molecule has 2 aliphatic rings. The highest BCUT2D eigenvalue weighted by atomic mass is 16.6. The van der Waals surface area contributed by atoms with E-state index in [0.29, 0.717) is 0 Å². The van der Waals surface area contributed by atoms with Crippen LogP contribution in [0, 0.1) is 5.92 Å². The molecule has 0 unspecified atom stereocenters. The molecular weight excluding hydrogens is 364 g/mol. The Morgan fingerprint density at radius 2 is 1.74 bits per heavy atom. The Morgan fingerprint density at radius 1 is 1.11 bits per heavy atom. The third-order valence-electron chi connectivity index (χ3n) is 5.62. The van der Waals surface area contributed by atoms with Gasteiger partial charge in [0.1, 0.15) is 6.10 Å². The molecule has 11 heteroatoms. The Kier molecular flexibility index (Phi) is 7.53. The normalized spacial score (nSPS) is 45.5. The van der Waals surface area contributed by atoms with Gasteiger partial charge in [0.05, 0.1) is 43.1 Å². The lowest BCUT2D eigenvalue weighted by Crippen LogP contribution is -2.73. The number of aliphatic hydroxyl groups is 6. The van der Waals surface area contributed by atoms with Gasteiger partial charge in [0, 0.05) is 38.8 Å². The summed E-state index contributed by atoms with van der Waals surface area (Å²) in [6.07, 6.45) is -8.48. The third-order valence-corrected chi connectivity index (χ3v) is 5.62. The van der Waals surface area contributed by atoms with Crippen LogP contribution in [-0.2, 0) is 9.53 Å². The molecule has 1 aliphatic carbocycles. The predicted octanol–water partition coefficient (Wildman–Crippen LogP) is -5.31. The first-order valence-corrected chi connectivity index (χ1v) is 8.88. The van der Waals surface area contributed by atoms with Crippen LogP contribution in [0.15, 0.2) is 0 Å². The minimum absolute atomic E-state index is 0.0747. The van der Waals surface area contributed by atoms with Crippen molar-refractivity contribution in [3.8, 4) is 0 Å². The second-order valence-corrected chi connectivity index (χ2v) is 7.29. The van der Waals surface area contributed by atoms with Gasteiger partial charge in [-0.05, 0) is 6.42 Å². The molecule has 11 nitrogen and oxygen atoms in total. The summed E-state index contributed by atoms with van der Waals surface area (Å²) in [5.74, 6) is -1.17. The van der Waals surface area contributed by atoms with Crippen molar-refractivity contribution in [3.05, 3.63) is 0 Å². The van der Waals surface area contributed by atoms with Gasteiger partial charge in [-0.2, -0.15) is 0 Å². The summed E-state index contributed by atoms with van der Waals surface area (Å²) in [6, 6.07) is -3.12. The largest absolute Gasteiger partial charge is 0.829 e. The molecule has 0 aromatic carbocycles. The van der Waals surface area contributed by atoms with Gasteiger partial charge in [-0.3, -0.25) is 4.79 Å². The molecule has 1 saturated heterocycles. The summed E-state index contributed by atoms with van der Waals surface area (Å²) in [5, 5.41) is 74.8. The van der Waals surface area contributed by atoms with Crippen LogP contribution in [-0.4, -0.2) is 117 Å². The fourth-order valence-corrected chi connectivity index (χ4v) is 3.84. The van der Waals surface area contributed by atoms with Crippen molar-refractivity contribution in [1.82, 2.24) is 10.2 Å². The molecule has 158 valence electrons. The van der Waals surface area contributed by atoms with Crippen molar-refractivity contribution < 1.29 is 45.3 Å². The molecule has 7 N–H and O–H groups in total. The first-order chi connectivity index (χ1) is 12.6. The minimum atomic E-state index is -1.78. The lowest BCUT2D eigenvalue weighted by molar-refractivity contribution is -0.521. The zero-order valence-corrected chi connectivity index (χ0v) is 15.3. The number of aliphatic hydroxyl groups excluding tert-OH is 6. The fourth-order valence-electron chi connectivity index (χ4n) is 3.84. The van der Waals surface area contributed by atoms with Crippen LogP contribution >= 0.6 is 0 Å². The fraction of sp³-hybridized carbons (Fsp3) is 0.938. The molecule has 0 spiro atoms. The van der Waals surface area contributed by atoms with E-state index in [1.54, 1.807) is 0 Å². The van der Waals surface area contributed by atoms with Crippen molar-refractivity contribution in [1.29, 1.82) is 0 Å². The Labute approximate surface area is 156 Å². The topological polar surface area (TPSA) is 186 Å². The van der Waals surface area contributed by atoms with Crippen molar-refractivity contribution in [2.24, 2.45) is 5.92 Å². The van der Waals surface area contributed by atoms with Gasteiger partial charge in [0.25, 0.3) is 0 Å². The number of nitrogens with zero attached hydrogens (tertiary/aromatic N) is 1. The van der Waals surface area contributed by atoms with E-state index in [1.807, 2.05) is 0 Å². The Hall–Kier alpha value is -0.890. The van der Waals surface area contributed by atoms with Gasteiger partial charge in [-0.1, -0.05) is 0 Å². The van der Waals surface area contributed by atoms with Crippen molar-refractivity contribution in [2.75, 3.05) is 20.3 Å². The summed E-state index contributed by atoms with van der Waals surface area (Å²) < 4.78 is 5.22. The van der Waals surface area contributed by atoms with Gasteiger partial charge >= 0.3 is 0 Å². The van der Waals surface area contributed by atoms with E-state index < -0.39 is 80.0 Å². The van der Waals surface area contributed by atoms with E-state index in [1.165, 1.54) is 14.0 Å². The smallest absolute Gasteiger partial charge is 0.219 e. The van der Waals surface area contributed by atoms with Crippen LogP contribution < -0.4 is 10.4 Å². The van der Waals surface area contributed by atoms with E-state index in [9.17, 15) is 40.5 Å². The lowest BCUT2D eigenvalue weighted by atomic mass is 9.79. The number of carbonyl (C=O) groups is 1. The molecule has 0 bridgehead atoms. The summed E-state index contributed by atoms with van der Waals surface area (Å²) in [7, 11) is 1.35. The van der Waals surface area contributed by atoms with Crippen molar-refractivity contribution in [3.63, 3.8) is 0 Å². The maximum atomic E-state index is 12.2. The van der Waals surface area contributed by atoms with Crippen molar-refractivity contribution >= 4 is 5.91 Å². The van der Waals surface area contributed by atoms with Gasteiger partial charge in [0.2, 0.25) is 5.91 Å². The number of hydrogen-bond donors (Lipinski definition) is 7. The second kappa shape index (κ2) is 9.07. The molecule has 1 saturated carbocycles. The van der Waals surface area contributed by atoms with Gasteiger partial charge < -0.3 is 50.7 Å². The van der Waals surface area contributed by atoms with Gasteiger partial charge in [-0.25, -0.2) is 0 Å². The van der Waals surface area contributed by atoms with Crippen molar-refractivity contribution in [2.45, 2.75) is 68.3 Å². The third kappa shape index (κ3) is 4.42. The monoisotopic (exact) mass is 393 g/mol. The Morgan fingerprint density at radius 3 is 2.26 bits per heavy atom. The molecule has 2 rings (SSSR count). The highest BCUT2D eigenvalue weighted by molar-refractivity contribution is 5.73. The number of carbonyl (C=O) groups excluding carboxylic acids is 1. The van der Waals surface area contributed by atoms with Gasteiger partial charge in [-0.15, -0.1) is 0 Å². The number of likely N-dealkylation sites (N-methyl/N-ethyl adjacent to an activating group) is 1. The molecule has 1 heterocycles. The second-order valence-electron chi connectivity index (χ2n) is 7.29. The molecule has 0 radical (unpaired) electrons. The van der Waals surface area contributed by atoms with E-state index >= 15 is 0 Å². The first kappa shape index (κ1) is 22.4. The maximum absolute atomic E-state index is 12.2. The average molecular weight is 393 g/mol. The summed E-state index contributed by atoms with van der Waals surface area (Å²) >= 11 is 0. The molecule has 10 atom stereocenters. The highest BCUT2D eigenvalue weighted by Crippen LogP contribution is 2.29. The average Bonchev–Trinajstić information content (AvgIpc) is 2.63. The van der Waals surface area contributed by atoms with Crippen LogP contribution in [0.4, 0.5) is 0 Å². The number of amides is 1. The first-order valence-electron chi connectivity index (χ1n) is 8.88. The predicted molar refractivity (Wildman–Crippen MR) is 87.9 cm³/mol. The quantitative estimate of drug-likeness (QED) is 0.238. The molecule has 1 amide bonds. The van der Waals surface area contributed by atoms with Crippen LogP contribution in [0.3, 0.4) is 0 Å². The van der Waals surface area contributed by atoms with Crippen LogP contribution in [0.2, 0.25) is 0 Å². The number of nitrogens with one attached hydrogen (secondary N) is 1. The molecule has 0 aromatic heterocycles. The van der Waals surface area contributed by atoms with Crippen LogP contribution in [0.5, 0.6) is 0 Å². The molecule has 27 heavy (non-hydrogen) atoms. The Bertz CT molecular complexity index is 508. The number of rotatable bonds is 5. The van der Waals surface area contributed by atoms with Crippen LogP contribution in [0.25, 0.3) is 0 Å². The zero-order chi connectivity index (χ0) is 20.5. The number of hydrogen-bond acceptors (Lipinski definition) is 10. The highest BCUT2D eigenvalue weighted by Gasteiger charge is 2.48. The Balaban J connectivity index is 2.21. The van der Waals surface area contributed by atoms with E-state index in [2.05, 4.69) is 5.32 Å². The molecule has 1 aliphatic heterocycles. The van der Waals surface area contributed by atoms with Crippen LogP contribution in [0.1, 0.15) is 13.3 Å². The SMILES string of the molecule is CC(=O)N(C)[C@@H]1[C@@H](O)[C@H](N[C@@H]2C[C@H](CO)[C@H](O)[C@H](O)[C@H]2O)[C@@H](CO)O[C@H]1[O-]. The van der Waals surface area contributed by atoms with E-state index in [4.69, 9.17) is 4.74 Å². The molecular formula is C16H29N2O9-. The zero-order valence-electron chi connectivity index (χ0n) is 15.3. The number of ether oxygens (including phenoxy) is 1. The maximum Gasteiger partial charge on any atom is 0.219 e. The lowest BCUT2D eigenvalue weighted by Gasteiger charge is -2.52.